The quantitative estimate of drug-likeness (QED) is 0.421. The molecule has 0 unspecified atom stereocenters. The van der Waals surface area contributed by atoms with Gasteiger partial charge in [-0.2, -0.15) is 0 Å². The monoisotopic (exact) mass is 509 g/mol. The lowest BCUT2D eigenvalue weighted by atomic mass is 10.0. The molecule has 2 aromatic carbocycles. The van der Waals surface area contributed by atoms with E-state index in [4.69, 9.17) is 4.74 Å². The zero-order chi connectivity index (χ0) is 26.9. The number of carboxylic acid groups (broad SMARTS) is 1. The third kappa shape index (κ3) is 7.63. The number of amides is 3. The van der Waals surface area contributed by atoms with Crippen molar-refractivity contribution in [3.05, 3.63) is 71.8 Å². The molecule has 0 spiro atoms. The van der Waals surface area contributed by atoms with Crippen LogP contribution in [0.1, 0.15) is 44.7 Å². The van der Waals surface area contributed by atoms with Crippen molar-refractivity contribution in [1.29, 1.82) is 0 Å². The first-order valence-electron chi connectivity index (χ1n) is 12.5. The number of benzene rings is 2. The molecule has 3 atom stereocenters. The molecule has 1 aliphatic heterocycles. The van der Waals surface area contributed by atoms with Crippen LogP contribution in [-0.4, -0.2) is 63.5 Å². The number of aliphatic carboxylic acids is 1. The first-order valence-corrected chi connectivity index (χ1v) is 12.5. The predicted octanol–water partition coefficient (Wildman–Crippen LogP) is 3.43. The van der Waals surface area contributed by atoms with Crippen molar-refractivity contribution in [2.45, 2.75) is 64.9 Å². The van der Waals surface area contributed by atoms with Gasteiger partial charge < -0.3 is 14.7 Å². The van der Waals surface area contributed by atoms with Crippen molar-refractivity contribution < 1.29 is 29.0 Å². The lowest BCUT2D eigenvalue weighted by Crippen LogP contribution is -2.54. The van der Waals surface area contributed by atoms with Gasteiger partial charge in [-0.25, -0.2) is 14.5 Å². The van der Waals surface area contributed by atoms with Crippen molar-refractivity contribution in [2.24, 2.45) is 5.92 Å². The average molecular weight is 510 g/mol. The van der Waals surface area contributed by atoms with Crippen LogP contribution >= 0.6 is 0 Å². The molecule has 1 fully saturated rings. The lowest BCUT2D eigenvalue weighted by Gasteiger charge is -2.26. The van der Waals surface area contributed by atoms with Crippen molar-refractivity contribution in [2.75, 3.05) is 6.54 Å². The predicted molar refractivity (Wildman–Crippen MR) is 137 cm³/mol. The molecular weight excluding hydrogens is 474 g/mol. The van der Waals surface area contributed by atoms with Crippen LogP contribution in [0.3, 0.4) is 0 Å². The molecule has 2 aromatic rings. The van der Waals surface area contributed by atoms with Crippen LogP contribution in [0.15, 0.2) is 60.7 Å². The van der Waals surface area contributed by atoms with Gasteiger partial charge in [0.1, 0.15) is 12.6 Å². The van der Waals surface area contributed by atoms with E-state index in [2.05, 4.69) is 5.32 Å². The average Bonchev–Trinajstić information content (AvgIpc) is 3.21. The second kappa shape index (κ2) is 13.0. The van der Waals surface area contributed by atoms with Crippen molar-refractivity contribution >= 4 is 23.9 Å². The molecule has 0 bridgehead atoms. The van der Waals surface area contributed by atoms with Gasteiger partial charge in [0, 0.05) is 6.54 Å². The molecule has 9 heteroatoms. The van der Waals surface area contributed by atoms with E-state index >= 15 is 0 Å². The fourth-order valence-electron chi connectivity index (χ4n) is 4.21. The molecule has 0 aliphatic carbocycles. The summed E-state index contributed by atoms with van der Waals surface area (Å²) in [5.74, 6) is -2.14. The Hall–Kier alpha value is -3.72. The highest BCUT2D eigenvalue weighted by molar-refractivity contribution is 6.02. The minimum Gasteiger partial charge on any atom is -0.480 e. The normalized spacial score (nSPS) is 17.1. The van der Waals surface area contributed by atoms with E-state index in [1.165, 1.54) is 11.8 Å². The van der Waals surface area contributed by atoms with Crippen LogP contribution in [-0.2, 0) is 32.3 Å². The maximum absolute atomic E-state index is 13.3. The van der Waals surface area contributed by atoms with E-state index in [-0.39, 0.29) is 19.7 Å². The standard InChI is InChI=1S/C28H35N3O6/c1-19(2)14-15-23(27(35)37-18-22-12-8-5-9-13-22)29-20(3)25(32)31-24(26(33)34)17-30(28(31)36)16-21-10-6-4-7-11-21/h4-13,19-20,23-24,29H,14-18H2,1-3H3,(H,33,34)/t20-,23+,24+/m1/s1. The second-order valence-corrected chi connectivity index (χ2v) is 9.72. The highest BCUT2D eigenvalue weighted by atomic mass is 16.5. The fraction of sp³-hybridized carbons (Fsp3) is 0.429. The summed E-state index contributed by atoms with van der Waals surface area (Å²) in [4.78, 5) is 53.5. The summed E-state index contributed by atoms with van der Waals surface area (Å²) in [7, 11) is 0. The number of nitrogens with zero attached hydrogens (tertiary/aromatic N) is 2. The van der Waals surface area contributed by atoms with E-state index in [0.29, 0.717) is 18.8 Å². The Morgan fingerprint density at radius 1 is 0.973 bits per heavy atom. The number of imide groups is 1. The van der Waals surface area contributed by atoms with Crippen LogP contribution in [0.25, 0.3) is 0 Å². The van der Waals surface area contributed by atoms with Crippen LogP contribution in [0, 0.1) is 5.92 Å². The SMILES string of the molecule is CC(C)CC[C@H](N[C@H](C)C(=O)N1C(=O)N(Cc2ccccc2)C[C@H]1C(=O)O)C(=O)OCc1ccccc1. The Labute approximate surface area is 217 Å². The number of carboxylic acids is 1. The fourth-order valence-corrected chi connectivity index (χ4v) is 4.21. The molecule has 0 aromatic heterocycles. The molecule has 3 amide bonds. The Bertz CT molecular complexity index is 1080. The highest BCUT2D eigenvalue weighted by Crippen LogP contribution is 2.21. The number of rotatable bonds is 12. The van der Waals surface area contributed by atoms with Gasteiger partial charge in [-0.1, -0.05) is 74.5 Å². The molecule has 2 N–H and O–H groups in total. The minimum absolute atomic E-state index is 0.0992. The van der Waals surface area contributed by atoms with Crippen molar-refractivity contribution in [3.8, 4) is 0 Å². The third-order valence-electron chi connectivity index (χ3n) is 6.28. The molecule has 3 rings (SSSR count). The lowest BCUT2D eigenvalue weighted by molar-refractivity contribution is -0.149. The first kappa shape index (κ1) is 27.9. The van der Waals surface area contributed by atoms with Gasteiger partial charge in [0.25, 0.3) is 0 Å². The van der Waals surface area contributed by atoms with Gasteiger partial charge in [-0.05, 0) is 36.8 Å². The highest BCUT2D eigenvalue weighted by Gasteiger charge is 2.46. The van der Waals surface area contributed by atoms with Crippen LogP contribution in [0.5, 0.6) is 0 Å². The van der Waals surface area contributed by atoms with Crippen molar-refractivity contribution in [1.82, 2.24) is 15.1 Å². The summed E-state index contributed by atoms with van der Waals surface area (Å²) in [6.07, 6.45) is 1.14. The van der Waals surface area contributed by atoms with Crippen LogP contribution in [0.2, 0.25) is 0 Å². The minimum atomic E-state index is -1.31. The number of hydrogen-bond acceptors (Lipinski definition) is 6. The van der Waals surface area contributed by atoms with Gasteiger partial charge in [-0.15, -0.1) is 0 Å². The second-order valence-electron chi connectivity index (χ2n) is 9.72. The maximum atomic E-state index is 13.3. The van der Waals surface area contributed by atoms with Gasteiger partial charge in [-0.3, -0.25) is 14.9 Å². The Morgan fingerprint density at radius 2 is 1.57 bits per heavy atom. The summed E-state index contributed by atoms with van der Waals surface area (Å²) in [5, 5.41) is 12.7. The Balaban J connectivity index is 1.70. The van der Waals surface area contributed by atoms with Crippen molar-refractivity contribution in [3.63, 3.8) is 0 Å². The topological polar surface area (TPSA) is 116 Å². The number of esters is 1. The van der Waals surface area contributed by atoms with Gasteiger partial charge in [0.15, 0.2) is 6.04 Å². The van der Waals surface area contributed by atoms with Crippen LogP contribution < -0.4 is 5.32 Å². The molecular formula is C28H35N3O6. The van der Waals surface area contributed by atoms with E-state index in [0.717, 1.165) is 16.0 Å². The smallest absolute Gasteiger partial charge is 0.328 e. The Morgan fingerprint density at radius 3 is 2.14 bits per heavy atom. The summed E-state index contributed by atoms with van der Waals surface area (Å²) in [6, 6.07) is 14.7. The molecule has 37 heavy (non-hydrogen) atoms. The number of carbonyl (C=O) groups is 4. The van der Waals surface area contributed by atoms with E-state index in [1.54, 1.807) is 0 Å². The van der Waals surface area contributed by atoms with E-state index in [9.17, 15) is 24.3 Å². The molecule has 1 aliphatic rings. The molecule has 0 saturated carbocycles. The van der Waals surface area contributed by atoms with Gasteiger partial charge >= 0.3 is 18.0 Å². The van der Waals surface area contributed by atoms with Gasteiger partial charge in [0.05, 0.1) is 12.6 Å². The van der Waals surface area contributed by atoms with Gasteiger partial charge in [0.2, 0.25) is 5.91 Å². The molecule has 198 valence electrons. The largest absolute Gasteiger partial charge is 0.480 e. The maximum Gasteiger partial charge on any atom is 0.328 e. The number of ether oxygens (including phenoxy) is 1. The third-order valence-corrected chi connectivity index (χ3v) is 6.28. The summed E-state index contributed by atoms with van der Waals surface area (Å²) < 4.78 is 5.50. The summed E-state index contributed by atoms with van der Waals surface area (Å²) in [6.45, 7) is 5.77. The first-order chi connectivity index (χ1) is 17.7. The van der Waals surface area contributed by atoms with Crippen LogP contribution in [0.4, 0.5) is 4.79 Å². The Kier molecular flexibility index (Phi) is 9.79. The summed E-state index contributed by atoms with van der Waals surface area (Å²) >= 11 is 0. The molecule has 0 radical (unpaired) electrons. The molecule has 1 heterocycles. The van der Waals surface area contributed by atoms with E-state index in [1.807, 2.05) is 74.5 Å². The molecule has 1 saturated heterocycles. The number of nitrogens with one attached hydrogen (secondary N) is 1. The zero-order valence-corrected chi connectivity index (χ0v) is 21.5. The molecule has 9 nitrogen and oxygen atoms in total. The zero-order valence-electron chi connectivity index (χ0n) is 21.5. The number of hydrogen-bond donors (Lipinski definition) is 2. The van der Waals surface area contributed by atoms with E-state index < -0.39 is 42.0 Å². The summed E-state index contributed by atoms with van der Waals surface area (Å²) in [5.41, 5.74) is 1.67. The number of carbonyl (C=O) groups excluding carboxylic acids is 3. The number of urea groups is 1.